The summed E-state index contributed by atoms with van der Waals surface area (Å²) in [6.07, 6.45) is 6.42. The highest BCUT2D eigenvalue weighted by atomic mass is 16.5. The van der Waals surface area contributed by atoms with Gasteiger partial charge in [0.15, 0.2) is 0 Å². The van der Waals surface area contributed by atoms with Gasteiger partial charge in [0.25, 0.3) is 0 Å². The fraction of sp³-hybridized carbons (Fsp3) is 0.462. The van der Waals surface area contributed by atoms with Crippen LogP contribution in [-0.2, 0) is 11.2 Å². The third-order valence-corrected chi connectivity index (χ3v) is 3.25. The molecule has 3 nitrogen and oxygen atoms in total. The molecule has 3 heterocycles. The average molecular weight is 216 g/mol. The molecule has 3 rings (SSSR count). The minimum Gasteiger partial charge on any atom is -0.381 e. The van der Waals surface area contributed by atoms with E-state index in [9.17, 15) is 0 Å². The molecule has 1 fully saturated rings. The fourth-order valence-corrected chi connectivity index (χ4v) is 2.34. The summed E-state index contributed by atoms with van der Waals surface area (Å²) in [5.41, 5.74) is 3.50. The second-order valence-corrected chi connectivity index (χ2v) is 4.59. The minimum absolute atomic E-state index is 0.658. The van der Waals surface area contributed by atoms with Crippen molar-refractivity contribution >= 4 is 5.65 Å². The second-order valence-electron chi connectivity index (χ2n) is 4.59. The summed E-state index contributed by atoms with van der Waals surface area (Å²) < 4.78 is 7.50. The van der Waals surface area contributed by atoms with E-state index in [2.05, 4.69) is 40.8 Å². The highest BCUT2D eigenvalue weighted by Gasteiger charge is 2.17. The van der Waals surface area contributed by atoms with Gasteiger partial charge in [0.05, 0.1) is 5.69 Å². The lowest BCUT2D eigenvalue weighted by molar-refractivity contribution is 0.185. The number of nitrogens with zero attached hydrogens (tertiary/aromatic N) is 2. The van der Waals surface area contributed by atoms with E-state index < -0.39 is 0 Å². The zero-order valence-electron chi connectivity index (χ0n) is 9.52. The fourth-order valence-electron chi connectivity index (χ4n) is 2.34. The van der Waals surface area contributed by atoms with Crippen molar-refractivity contribution < 1.29 is 4.74 Å². The molecule has 0 N–H and O–H groups in total. The first-order valence-corrected chi connectivity index (χ1v) is 5.84. The molecule has 0 aromatic carbocycles. The molecule has 0 amide bonds. The van der Waals surface area contributed by atoms with E-state index in [1.807, 2.05) is 0 Å². The molecule has 0 saturated carbocycles. The summed E-state index contributed by atoms with van der Waals surface area (Å²) in [6, 6.07) is 4.16. The Kier molecular flexibility index (Phi) is 2.40. The number of pyridine rings is 1. The van der Waals surface area contributed by atoms with Gasteiger partial charge >= 0.3 is 0 Å². The standard InChI is InChI=1S/C13H16N2O/c1-10-3-2-5-15-8-12(14-13(10)15)7-11-4-6-16-9-11/h2-3,5,8,11H,4,6-7,9H2,1H3. The molecular weight excluding hydrogens is 200 g/mol. The van der Waals surface area contributed by atoms with Crippen LogP contribution in [0.2, 0.25) is 0 Å². The van der Waals surface area contributed by atoms with Crippen LogP contribution in [0.3, 0.4) is 0 Å². The van der Waals surface area contributed by atoms with Crippen molar-refractivity contribution in [2.45, 2.75) is 19.8 Å². The molecule has 0 spiro atoms. The van der Waals surface area contributed by atoms with E-state index in [4.69, 9.17) is 4.74 Å². The van der Waals surface area contributed by atoms with Gasteiger partial charge in [-0.2, -0.15) is 0 Å². The Morgan fingerprint density at radius 3 is 3.25 bits per heavy atom. The van der Waals surface area contributed by atoms with Gasteiger partial charge in [-0.25, -0.2) is 4.98 Å². The lowest BCUT2D eigenvalue weighted by Gasteiger charge is -2.02. The molecule has 1 saturated heterocycles. The number of aromatic nitrogens is 2. The van der Waals surface area contributed by atoms with Crippen molar-refractivity contribution in [1.29, 1.82) is 0 Å². The molecule has 0 radical (unpaired) electrons. The van der Waals surface area contributed by atoms with Crippen LogP contribution in [0.15, 0.2) is 24.5 Å². The van der Waals surface area contributed by atoms with Gasteiger partial charge in [0, 0.05) is 25.6 Å². The molecule has 0 bridgehead atoms. The molecule has 1 aliphatic rings. The number of hydrogen-bond acceptors (Lipinski definition) is 2. The Balaban J connectivity index is 1.90. The number of hydrogen-bond donors (Lipinski definition) is 0. The van der Waals surface area contributed by atoms with Gasteiger partial charge in [-0.3, -0.25) is 0 Å². The summed E-state index contributed by atoms with van der Waals surface area (Å²) in [7, 11) is 0. The molecule has 3 heteroatoms. The zero-order valence-corrected chi connectivity index (χ0v) is 9.52. The Morgan fingerprint density at radius 2 is 2.50 bits per heavy atom. The van der Waals surface area contributed by atoms with Crippen molar-refractivity contribution in [3.8, 4) is 0 Å². The van der Waals surface area contributed by atoms with E-state index in [1.165, 1.54) is 17.7 Å². The van der Waals surface area contributed by atoms with Gasteiger partial charge < -0.3 is 9.14 Å². The van der Waals surface area contributed by atoms with E-state index in [0.29, 0.717) is 5.92 Å². The quantitative estimate of drug-likeness (QED) is 0.769. The lowest BCUT2D eigenvalue weighted by atomic mass is 10.0. The van der Waals surface area contributed by atoms with Gasteiger partial charge in [-0.15, -0.1) is 0 Å². The smallest absolute Gasteiger partial charge is 0.139 e. The van der Waals surface area contributed by atoms with Crippen LogP contribution in [0, 0.1) is 12.8 Å². The lowest BCUT2D eigenvalue weighted by Crippen LogP contribution is -2.03. The maximum atomic E-state index is 5.39. The molecule has 1 atom stereocenters. The molecule has 1 unspecified atom stereocenters. The molecule has 1 aliphatic heterocycles. The molecule has 84 valence electrons. The van der Waals surface area contributed by atoms with E-state index in [1.54, 1.807) is 0 Å². The highest BCUT2D eigenvalue weighted by Crippen LogP contribution is 2.19. The Hall–Kier alpha value is -1.35. The van der Waals surface area contributed by atoms with E-state index in [0.717, 1.165) is 25.3 Å². The SMILES string of the molecule is Cc1cccn2cc(CC3CCOC3)nc12. The first kappa shape index (κ1) is 9.85. The maximum absolute atomic E-state index is 5.39. The van der Waals surface area contributed by atoms with Crippen molar-refractivity contribution in [3.63, 3.8) is 0 Å². The topological polar surface area (TPSA) is 26.5 Å². The van der Waals surface area contributed by atoms with Crippen molar-refractivity contribution in [1.82, 2.24) is 9.38 Å². The van der Waals surface area contributed by atoms with Crippen LogP contribution in [0.4, 0.5) is 0 Å². The second kappa shape index (κ2) is 3.91. The summed E-state index contributed by atoms with van der Waals surface area (Å²) in [5, 5.41) is 0. The van der Waals surface area contributed by atoms with E-state index >= 15 is 0 Å². The zero-order chi connectivity index (χ0) is 11.0. The molecular formula is C13H16N2O. The van der Waals surface area contributed by atoms with Gasteiger partial charge in [-0.1, -0.05) is 6.07 Å². The summed E-state index contributed by atoms with van der Waals surface area (Å²) >= 11 is 0. The summed E-state index contributed by atoms with van der Waals surface area (Å²) in [5.74, 6) is 0.658. The summed E-state index contributed by atoms with van der Waals surface area (Å²) in [6.45, 7) is 3.91. The van der Waals surface area contributed by atoms with Gasteiger partial charge in [-0.05, 0) is 37.3 Å². The number of ether oxygens (including phenoxy) is 1. The molecule has 16 heavy (non-hydrogen) atoms. The number of rotatable bonds is 2. The number of imidazole rings is 1. The molecule has 0 aliphatic carbocycles. The maximum Gasteiger partial charge on any atom is 0.139 e. The van der Waals surface area contributed by atoms with Crippen molar-refractivity contribution in [2.24, 2.45) is 5.92 Å². The van der Waals surface area contributed by atoms with Crippen LogP contribution in [0.1, 0.15) is 17.7 Å². The number of fused-ring (bicyclic) bond motifs is 1. The minimum atomic E-state index is 0.658. The first-order valence-electron chi connectivity index (χ1n) is 5.84. The van der Waals surface area contributed by atoms with Crippen LogP contribution >= 0.6 is 0 Å². The van der Waals surface area contributed by atoms with Crippen LogP contribution in [0.5, 0.6) is 0 Å². The molecule has 2 aromatic rings. The van der Waals surface area contributed by atoms with Crippen molar-refractivity contribution in [2.75, 3.05) is 13.2 Å². The summed E-state index contributed by atoms with van der Waals surface area (Å²) in [4.78, 5) is 4.68. The highest BCUT2D eigenvalue weighted by molar-refractivity contribution is 5.47. The Morgan fingerprint density at radius 1 is 1.56 bits per heavy atom. The van der Waals surface area contributed by atoms with Gasteiger partial charge in [0.1, 0.15) is 5.65 Å². The number of aryl methyl sites for hydroxylation is 1. The van der Waals surface area contributed by atoms with Gasteiger partial charge in [0.2, 0.25) is 0 Å². The van der Waals surface area contributed by atoms with Crippen LogP contribution in [0.25, 0.3) is 5.65 Å². The van der Waals surface area contributed by atoms with Crippen LogP contribution < -0.4 is 0 Å². The van der Waals surface area contributed by atoms with E-state index in [-0.39, 0.29) is 0 Å². The first-order chi connectivity index (χ1) is 7.83. The Bertz CT molecular complexity index is 498. The van der Waals surface area contributed by atoms with Crippen molar-refractivity contribution in [3.05, 3.63) is 35.8 Å². The Labute approximate surface area is 95.1 Å². The van der Waals surface area contributed by atoms with Crippen LogP contribution in [-0.4, -0.2) is 22.6 Å². The molecule has 2 aromatic heterocycles. The predicted molar refractivity (Wildman–Crippen MR) is 62.6 cm³/mol. The third kappa shape index (κ3) is 1.71. The predicted octanol–water partition coefficient (Wildman–Crippen LogP) is 2.22. The normalized spacial score (nSPS) is 20.7. The average Bonchev–Trinajstić information content (AvgIpc) is 2.88. The third-order valence-electron chi connectivity index (χ3n) is 3.25. The largest absolute Gasteiger partial charge is 0.381 e. The monoisotopic (exact) mass is 216 g/mol.